The van der Waals surface area contributed by atoms with Crippen molar-refractivity contribution in [3.05, 3.63) is 29.8 Å². The Morgan fingerprint density at radius 2 is 2.00 bits per heavy atom. The van der Waals surface area contributed by atoms with E-state index < -0.39 is 34.0 Å². The van der Waals surface area contributed by atoms with Crippen LogP contribution in [0.2, 0.25) is 0 Å². The van der Waals surface area contributed by atoms with Gasteiger partial charge in [-0.15, -0.1) is 0 Å². The smallest absolute Gasteiger partial charge is 0.235 e. The Hall–Kier alpha value is -1.21. The van der Waals surface area contributed by atoms with E-state index in [-0.39, 0.29) is 5.69 Å². The summed E-state index contributed by atoms with van der Waals surface area (Å²) in [4.78, 5) is 0. The van der Waals surface area contributed by atoms with Gasteiger partial charge in [-0.2, -0.15) is 0 Å². The molecule has 1 aromatic carbocycles. The van der Waals surface area contributed by atoms with Crippen molar-refractivity contribution in [2.45, 2.75) is 0 Å². The Kier molecular flexibility index (Phi) is 3.59. The lowest BCUT2D eigenvalue weighted by Crippen LogP contribution is -2.19. The first-order valence-electron chi connectivity index (χ1n) is 4.01. The third-order valence-electron chi connectivity index (χ3n) is 1.56. The second kappa shape index (κ2) is 4.54. The highest BCUT2D eigenvalue weighted by atomic mass is 32.2. The SMILES string of the molecule is O=S(=O)(CCO)Nc1ccc(F)cc1F. The molecular weight excluding hydrogens is 228 g/mol. The average molecular weight is 237 g/mol. The van der Waals surface area contributed by atoms with Gasteiger partial charge in [0.25, 0.3) is 0 Å². The maximum absolute atomic E-state index is 13.0. The van der Waals surface area contributed by atoms with Crippen LogP contribution in [0.25, 0.3) is 0 Å². The number of aliphatic hydroxyl groups is 1. The van der Waals surface area contributed by atoms with E-state index in [0.717, 1.165) is 12.1 Å². The first-order chi connectivity index (χ1) is 6.94. The lowest BCUT2D eigenvalue weighted by Gasteiger charge is -2.07. The molecule has 0 unspecified atom stereocenters. The number of benzene rings is 1. The molecule has 0 heterocycles. The molecule has 0 aliphatic rings. The minimum absolute atomic E-state index is 0.343. The van der Waals surface area contributed by atoms with E-state index >= 15 is 0 Å². The van der Waals surface area contributed by atoms with Gasteiger partial charge in [-0.1, -0.05) is 0 Å². The summed E-state index contributed by atoms with van der Waals surface area (Å²) in [6, 6.07) is 2.47. The molecule has 0 saturated heterocycles. The molecule has 84 valence electrons. The van der Waals surface area contributed by atoms with Crippen molar-refractivity contribution in [1.29, 1.82) is 0 Å². The van der Waals surface area contributed by atoms with Crippen LogP contribution >= 0.6 is 0 Å². The number of aliphatic hydroxyl groups excluding tert-OH is 1. The Morgan fingerprint density at radius 1 is 1.33 bits per heavy atom. The summed E-state index contributed by atoms with van der Waals surface area (Å²) in [5.74, 6) is -2.33. The minimum Gasteiger partial charge on any atom is -0.395 e. The zero-order valence-corrected chi connectivity index (χ0v) is 8.39. The molecule has 1 rings (SSSR count). The molecule has 1 aromatic rings. The molecule has 0 atom stereocenters. The third-order valence-corrected chi connectivity index (χ3v) is 2.81. The summed E-state index contributed by atoms with van der Waals surface area (Å²) in [5, 5.41) is 8.42. The van der Waals surface area contributed by atoms with E-state index in [0.29, 0.717) is 6.07 Å². The normalized spacial score (nSPS) is 11.4. The standard InChI is InChI=1S/C8H9F2NO3S/c9-6-1-2-8(7(10)5-6)11-15(13,14)4-3-12/h1-2,5,11-12H,3-4H2. The highest BCUT2D eigenvalue weighted by Gasteiger charge is 2.12. The van der Waals surface area contributed by atoms with Crippen LogP contribution in [0.3, 0.4) is 0 Å². The summed E-state index contributed by atoms with van der Waals surface area (Å²) < 4.78 is 49.6. The lowest BCUT2D eigenvalue weighted by atomic mass is 10.3. The van der Waals surface area contributed by atoms with Crippen LogP contribution in [0.4, 0.5) is 14.5 Å². The van der Waals surface area contributed by atoms with E-state index in [4.69, 9.17) is 5.11 Å². The van der Waals surface area contributed by atoms with Crippen LogP contribution in [-0.4, -0.2) is 25.9 Å². The molecule has 0 bridgehead atoms. The molecule has 0 aliphatic carbocycles. The molecule has 2 N–H and O–H groups in total. The molecule has 0 saturated carbocycles. The second-order valence-corrected chi connectivity index (χ2v) is 4.61. The topological polar surface area (TPSA) is 66.4 Å². The van der Waals surface area contributed by atoms with Gasteiger partial charge in [-0.3, -0.25) is 4.72 Å². The van der Waals surface area contributed by atoms with Gasteiger partial charge in [0.2, 0.25) is 10.0 Å². The zero-order valence-electron chi connectivity index (χ0n) is 7.57. The second-order valence-electron chi connectivity index (χ2n) is 2.77. The largest absolute Gasteiger partial charge is 0.395 e. The van der Waals surface area contributed by atoms with Crippen LogP contribution in [0.1, 0.15) is 0 Å². The molecular formula is C8H9F2NO3S. The maximum atomic E-state index is 13.0. The van der Waals surface area contributed by atoms with Gasteiger partial charge in [-0.25, -0.2) is 17.2 Å². The number of hydrogen-bond donors (Lipinski definition) is 2. The summed E-state index contributed by atoms with van der Waals surface area (Å²) in [7, 11) is -3.78. The molecule has 0 spiro atoms. The van der Waals surface area contributed by atoms with E-state index in [1.54, 1.807) is 0 Å². The number of nitrogens with one attached hydrogen (secondary N) is 1. The highest BCUT2D eigenvalue weighted by Crippen LogP contribution is 2.16. The summed E-state index contributed by atoms with van der Waals surface area (Å²) >= 11 is 0. The molecule has 0 radical (unpaired) electrons. The highest BCUT2D eigenvalue weighted by molar-refractivity contribution is 7.92. The van der Waals surface area contributed by atoms with Crippen molar-refractivity contribution in [3.63, 3.8) is 0 Å². The number of rotatable bonds is 4. The quantitative estimate of drug-likeness (QED) is 0.810. The predicted octanol–water partition coefficient (Wildman–Crippen LogP) is 0.699. The summed E-state index contributed by atoms with van der Waals surface area (Å²) in [6.07, 6.45) is 0. The molecule has 0 fully saturated rings. The Balaban J connectivity index is 2.90. The van der Waals surface area contributed by atoms with Crippen LogP contribution in [0.5, 0.6) is 0 Å². The van der Waals surface area contributed by atoms with Crippen molar-refractivity contribution in [1.82, 2.24) is 0 Å². The van der Waals surface area contributed by atoms with E-state index in [1.807, 2.05) is 4.72 Å². The number of anilines is 1. The number of hydrogen-bond acceptors (Lipinski definition) is 3. The van der Waals surface area contributed by atoms with Crippen molar-refractivity contribution in [2.24, 2.45) is 0 Å². The van der Waals surface area contributed by atoms with Gasteiger partial charge in [0.05, 0.1) is 18.0 Å². The van der Waals surface area contributed by atoms with Gasteiger partial charge in [-0.05, 0) is 12.1 Å². The maximum Gasteiger partial charge on any atom is 0.235 e. The molecule has 0 aliphatic heterocycles. The van der Waals surface area contributed by atoms with Crippen molar-refractivity contribution in [3.8, 4) is 0 Å². The zero-order chi connectivity index (χ0) is 11.5. The fourth-order valence-electron chi connectivity index (χ4n) is 0.911. The van der Waals surface area contributed by atoms with Gasteiger partial charge < -0.3 is 5.11 Å². The molecule has 15 heavy (non-hydrogen) atoms. The van der Waals surface area contributed by atoms with Gasteiger partial charge in [0, 0.05) is 6.07 Å². The van der Waals surface area contributed by atoms with E-state index in [1.165, 1.54) is 0 Å². The summed E-state index contributed by atoms with van der Waals surface area (Å²) in [5.41, 5.74) is -0.343. The molecule has 0 amide bonds. The summed E-state index contributed by atoms with van der Waals surface area (Å²) in [6.45, 7) is -0.571. The number of sulfonamides is 1. The van der Waals surface area contributed by atoms with Crippen LogP contribution in [0.15, 0.2) is 18.2 Å². The van der Waals surface area contributed by atoms with E-state index in [9.17, 15) is 17.2 Å². The van der Waals surface area contributed by atoms with Crippen molar-refractivity contribution in [2.75, 3.05) is 17.1 Å². The third kappa shape index (κ3) is 3.45. The Morgan fingerprint density at radius 3 is 2.53 bits per heavy atom. The lowest BCUT2D eigenvalue weighted by molar-refractivity contribution is 0.320. The average Bonchev–Trinajstić information content (AvgIpc) is 2.09. The monoisotopic (exact) mass is 237 g/mol. The first kappa shape index (κ1) is 11.9. The Labute approximate surface area is 85.6 Å². The van der Waals surface area contributed by atoms with Crippen LogP contribution in [-0.2, 0) is 10.0 Å². The molecule has 7 heteroatoms. The van der Waals surface area contributed by atoms with Crippen LogP contribution in [0, 0.1) is 11.6 Å². The van der Waals surface area contributed by atoms with Gasteiger partial charge in [0.15, 0.2) is 0 Å². The minimum atomic E-state index is -3.78. The van der Waals surface area contributed by atoms with Gasteiger partial charge in [0.1, 0.15) is 11.6 Å². The molecule has 0 aromatic heterocycles. The fourth-order valence-corrected chi connectivity index (χ4v) is 1.75. The predicted molar refractivity (Wildman–Crippen MR) is 50.9 cm³/mol. The van der Waals surface area contributed by atoms with Crippen molar-refractivity contribution < 1.29 is 22.3 Å². The Bertz CT molecular complexity index is 447. The van der Waals surface area contributed by atoms with E-state index in [2.05, 4.69) is 0 Å². The molecule has 4 nitrogen and oxygen atoms in total. The first-order valence-corrected chi connectivity index (χ1v) is 5.66. The fraction of sp³-hybridized carbons (Fsp3) is 0.250. The van der Waals surface area contributed by atoms with Crippen LogP contribution < -0.4 is 4.72 Å². The van der Waals surface area contributed by atoms with Crippen molar-refractivity contribution >= 4 is 15.7 Å². The number of halogens is 2. The van der Waals surface area contributed by atoms with Gasteiger partial charge >= 0.3 is 0 Å².